The number of hydrogen-bond acceptors (Lipinski definition) is 5. The van der Waals surface area contributed by atoms with Crippen LogP contribution in [0.1, 0.15) is 19.2 Å². The molecular formula is C23H21FN6O3. The van der Waals surface area contributed by atoms with E-state index in [-0.39, 0.29) is 36.2 Å². The van der Waals surface area contributed by atoms with Gasteiger partial charge in [-0.1, -0.05) is 0 Å². The Morgan fingerprint density at radius 2 is 1.64 bits per heavy atom. The molecule has 0 aliphatic heterocycles. The lowest BCUT2D eigenvalue weighted by Crippen LogP contribution is -2.26. The van der Waals surface area contributed by atoms with Gasteiger partial charge in [-0.2, -0.15) is 5.10 Å². The van der Waals surface area contributed by atoms with Crippen LogP contribution in [0.3, 0.4) is 0 Å². The van der Waals surface area contributed by atoms with Crippen molar-refractivity contribution in [1.29, 1.82) is 0 Å². The summed E-state index contributed by atoms with van der Waals surface area (Å²) in [6, 6.07) is 12.4. The summed E-state index contributed by atoms with van der Waals surface area (Å²) in [6.45, 7) is 3.24. The third kappa shape index (κ3) is 4.79. The van der Waals surface area contributed by atoms with Crippen LogP contribution < -0.4 is 16.2 Å². The van der Waals surface area contributed by atoms with Crippen molar-refractivity contribution >= 4 is 34.2 Å². The summed E-state index contributed by atoms with van der Waals surface area (Å²) in [5.74, 6) is -0.385. The van der Waals surface area contributed by atoms with E-state index < -0.39 is 0 Å². The summed E-state index contributed by atoms with van der Waals surface area (Å²) in [4.78, 5) is 41.0. The molecule has 168 valence electrons. The number of aromatic nitrogens is 4. The van der Waals surface area contributed by atoms with Gasteiger partial charge in [0.1, 0.15) is 17.0 Å². The lowest BCUT2D eigenvalue weighted by molar-refractivity contribution is -0.116. The van der Waals surface area contributed by atoms with E-state index in [0.717, 1.165) is 0 Å². The molecule has 2 amide bonds. The minimum absolute atomic E-state index is 0.0630. The van der Waals surface area contributed by atoms with Crippen molar-refractivity contribution < 1.29 is 14.0 Å². The fourth-order valence-corrected chi connectivity index (χ4v) is 3.42. The molecule has 2 aromatic heterocycles. The number of nitrogens with zero attached hydrogens (tertiary/aromatic N) is 4. The minimum Gasteiger partial charge on any atom is -0.326 e. The maximum Gasteiger partial charge on any atom is 0.264 e. The monoisotopic (exact) mass is 448 g/mol. The standard InChI is InChI=1S/C23H21FN6O3/c1-14-26-22-20(13-25-30(22)19-9-3-16(24)4-10-19)23(33)29(14)12-11-21(32)28-18-7-5-17(6-8-18)27-15(2)31/h3-10,13H,11-12H2,1-2H3,(H,27,31)(H,28,32). The summed E-state index contributed by atoms with van der Waals surface area (Å²) in [6.07, 6.45) is 1.48. The second-order valence-electron chi connectivity index (χ2n) is 7.44. The maximum atomic E-state index is 13.2. The number of amides is 2. The fraction of sp³-hybridized carbons (Fsp3) is 0.174. The van der Waals surface area contributed by atoms with Gasteiger partial charge in [-0.05, 0) is 55.5 Å². The van der Waals surface area contributed by atoms with Crippen LogP contribution >= 0.6 is 0 Å². The third-order valence-corrected chi connectivity index (χ3v) is 5.00. The van der Waals surface area contributed by atoms with Crippen molar-refractivity contribution in [3.8, 4) is 5.69 Å². The summed E-state index contributed by atoms with van der Waals surface area (Å²) >= 11 is 0. The Morgan fingerprint density at radius 3 is 2.27 bits per heavy atom. The van der Waals surface area contributed by atoms with Gasteiger partial charge in [0.15, 0.2) is 5.65 Å². The largest absolute Gasteiger partial charge is 0.326 e. The average Bonchev–Trinajstić information content (AvgIpc) is 3.19. The Labute approximate surface area is 187 Å². The highest BCUT2D eigenvalue weighted by Gasteiger charge is 2.15. The van der Waals surface area contributed by atoms with Crippen LogP contribution in [0, 0.1) is 12.7 Å². The van der Waals surface area contributed by atoms with Crippen LogP contribution in [0.5, 0.6) is 0 Å². The molecule has 0 aliphatic rings. The van der Waals surface area contributed by atoms with Crippen molar-refractivity contribution in [2.24, 2.45) is 0 Å². The fourth-order valence-electron chi connectivity index (χ4n) is 3.42. The molecule has 9 nitrogen and oxygen atoms in total. The first-order valence-corrected chi connectivity index (χ1v) is 10.2. The van der Waals surface area contributed by atoms with E-state index in [9.17, 15) is 18.8 Å². The molecule has 10 heteroatoms. The quantitative estimate of drug-likeness (QED) is 0.471. The predicted octanol–water partition coefficient (Wildman–Crippen LogP) is 3.02. The van der Waals surface area contributed by atoms with E-state index in [0.29, 0.717) is 33.9 Å². The molecule has 4 aromatic rings. The summed E-state index contributed by atoms with van der Waals surface area (Å²) in [5.41, 5.74) is 1.84. The van der Waals surface area contributed by atoms with Gasteiger partial charge in [-0.3, -0.25) is 19.0 Å². The molecule has 2 aromatic carbocycles. The average molecular weight is 448 g/mol. The Hall–Kier alpha value is -4.34. The van der Waals surface area contributed by atoms with E-state index in [1.807, 2.05) is 0 Å². The molecule has 0 radical (unpaired) electrons. The number of nitrogens with one attached hydrogen (secondary N) is 2. The summed E-state index contributed by atoms with van der Waals surface area (Å²) in [7, 11) is 0. The lowest BCUT2D eigenvalue weighted by Gasteiger charge is -2.11. The molecule has 0 spiro atoms. The second-order valence-corrected chi connectivity index (χ2v) is 7.44. The van der Waals surface area contributed by atoms with Crippen LogP contribution in [0.25, 0.3) is 16.7 Å². The first-order valence-electron chi connectivity index (χ1n) is 10.2. The van der Waals surface area contributed by atoms with E-state index in [4.69, 9.17) is 0 Å². The van der Waals surface area contributed by atoms with E-state index in [1.54, 1.807) is 43.3 Å². The number of fused-ring (bicyclic) bond motifs is 1. The van der Waals surface area contributed by atoms with Crippen molar-refractivity contribution in [2.45, 2.75) is 26.8 Å². The topological polar surface area (TPSA) is 111 Å². The number of anilines is 2. The Balaban J connectivity index is 1.48. The number of halogens is 1. The molecule has 2 N–H and O–H groups in total. The molecular weight excluding hydrogens is 427 g/mol. The van der Waals surface area contributed by atoms with Gasteiger partial charge in [0, 0.05) is 31.3 Å². The number of carbonyl (C=O) groups is 2. The second kappa shape index (κ2) is 9.03. The Bertz CT molecular complexity index is 1390. The predicted molar refractivity (Wildman–Crippen MR) is 122 cm³/mol. The van der Waals surface area contributed by atoms with E-state index in [1.165, 1.54) is 34.5 Å². The SMILES string of the molecule is CC(=O)Nc1ccc(NC(=O)CCn2c(C)nc3c(cnn3-c3ccc(F)cc3)c2=O)cc1. The molecule has 0 saturated heterocycles. The lowest BCUT2D eigenvalue weighted by atomic mass is 10.2. The molecule has 0 fully saturated rings. The molecule has 0 bridgehead atoms. The van der Waals surface area contributed by atoms with Crippen molar-refractivity contribution in [1.82, 2.24) is 19.3 Å². The highest BCUT2D eigenvalue weighted by atomic mass is 19.1. The van der Waals surface area contributed by atoms with E-state index in [2.05, 4.69) is 20.7 Å². The first-order chi connectivity index (χ1) is 15.8. The van der Waals surface area contributed by atoms with Gasteiger partial charge in [-0.15, -0.1) is 0 Å². The molecule has 2 heterocycles. The van der Waals surface area contributed by atoms with Crippen LogP contribution in [0.2, 0.25) is 0 Å². The first kappa shape index (κ1) is 21.9. The van der Waals surface area contributed by atoms with Gasteiger partial charge in [0.25, 0.3) is 5.56 Å². The van der Waals surface area contributed by atoms with Gasteiger partial charge in [-0.25, -0.2) is 14.1 Å². The zero-order chi connectivity index (χ0) is 23.5. The van der Waals surface area contributed by atoms with Gasteiger partial charge >= 0.3 is 0 Å². The number of carbonyl (C=O) groups excluding carboxylic acids is 2. The zero-order valence-electron chi connectivity index (χ0n) is 18.0. The smallest absolute Gasteiger partial charge is 0.264 e. The van der Waals surface area contributed by atoms with Crippen molar-refractivity contribution in [3.63, 3.8) is 0 Å². The van der Waals surface area contributed by atoms with Crippen molar-refractivity contribution in [3.05, 3.63) is 76.7 Å². The third-order valence-electron chi connectivity index (χ3n) is 5.00. The molecule has 33 heavy (non-hydrogen) atoms. The number of rotatable bonds is 6. The van der Waals surface area contributed by atoms with Crippen LogP contribution in [-0.2, 0) is 16.1 Å². The summed E-state index contributed by atoms with van der Waals surface area (Å²) in [5, 5.41) is 9.95. The number of hydrogen-bond donors (Lipinski definition) is 2. The van der Waals surface area contributed by atoms with Crippen LogP contribution in [-0.4, -0.2) is 31.1 Å². The molecule has 0 atom stereocenters. The minimum atomic E-state index is -0.372. The number of benzene rings is 2. The van der Waals surface area contributed by atoms with Gasteiger partial charge in [0.2, 0.25) is 11.8 Å². The van der Waals surface area contributed by atoms with Crippen molar-refractivity contribution in [2.75, 3.05) is 10.6 Å². The normalized spacial score (nSPS) is 10.9. The Kier molecular flexibility index (Phi) is 5.99. The highest BCUT2D eigenvalue weighted by molar-refractivity contribution is 5.92. The zero-order valence-corrected chi connectivity index (χ0v) is 18.0. The molecule has 0 saturated carbocycles. The molecule has 0 unspecified atom stereocenters. The van der Waals surface area contributed by atoms with Gasteiger partial charge in [0.05, 0.1) is 11.9 Å². The highest BCUT2D eigenvalue weighted by Crippen LogP contribution is 2.16. The molecule has 0 aliphatic carbocycles. The summed E-state index contributed by atoms with van der Waals surface area (Å²) < 4.78 is 16.1. The maximum absolute atomic E-state index is 13.2. The van der Waals surface area contributed by atoms with Crippen LogP contribution in [0.4, 0.5) is 15.8 Å². The molecule has 4 rings (SSSR count). The Morgan fingerprint density at radius 1 is 1.00 bits per heavy atom. The van der Waals surface area contributed by atoms with Crippen LogP contribution in [0.15, 0.2) is 59.5 Å². The number of aryl methyl sites for hydroxylation is 1. The van der Waals surface area contributed by atoms with E-state index >= 15 is 0 Å². The van der Waals surface area contributed by atoms with Gasteiger partial charge < -0.3 is 10.6 Å².